The Bertz CT molecular complexity index is 513. The molecule has 112 valence electrons. The minimum Gasteiger partial charge on any atom is -0.349 e. The summed E-state index contributed by atoms with van der Waals surface area (Å²) in [6.45, 7) is 1.99. The van der Waals surface area contributed by atoms with Crippen molar-refractivity contribution in [1.82, 2.24) is 10.3 Å². The van der Waals surface area contributed by atoms with Crippen LogP contribution in [0.25, 0.3) is 0 Å². The summed E-state index contributed by atoms with van der Waals surface area (Å²) in [7, 11) is 0. The second kappa shape index (κ2) is 5.96. The second-order valence-electron chi connectivity index (χ2n) is 6.41. The van der Waals surface area contributed by atoms with E-state index >= 15 is 0 Å². The fourth-order valence-electron chi connectivity index (χ4n) is 3.76. The van der Waals surface area contributed by atoms with Crippen LogP contribution < -0.4 is 5.32 Å². The third kappa shape index (κ3) is 2.99. The number of hydrogen-bond donors (Lipinski definition) is 1. The Kier molecular flexibility index (Phi) is 4.04. The Morgan fingerprint density at radius 1 is 1.24 bits per heavy atom. The van der Waals surface area contributed by atoms with Crippen molar-refractivity contribution in [2.45, 2.75) is 45.1 Å². The fourth-order valence-corrected chi connectivity index (χ4v) is 3.76. The molecule has 2 bridgehead atoms. The average molecular weight is 286 g/mol. The van der Waals surface area contributed by atoms with E-state index in [0.29, 0.717) is 5.78 Å². The summed E-state index contributed by atoms with van der Waals surface area (Å²) < 4.78 is 0. The van der Waals surface area contributed by atoms with Gasteiger partial charge in [-0.2, -0.15) is 0 Å². The van der Waals surface area contributed by atoms with E-state index in [1.165, 1.54) is 0 Å². The van der Waals surface area contributed by atoms with Crippen LogP contribution in [0.4, 0.5) is 0 Å². The lowest BCUT2D eigenvalue weighted by Gasteiger charge is -2.37. The number of aromatic nitrogens is 1. The maximum absolute atomic E-state index is 12.5. The Labute approximate surface area is 125 Å². The number of fused-ring (bicyclic) bond motifs is 2. The van der Waals surface area contributed by atoms with Crippen molar-refractivity contribution in [3.05, 3.63) is 30.1 Å². The molecule has 4 nitrogen and oxygen atoms in total. The van der Waals surface area contributed by atoms with Crippen LogP contribution in [0, 0.1) is 17.8 Å². The van der Waals surface area contributed by atoms with Crippen molar-refractivity contribution < 1.29 is 9.59 Å². The van der Waals surface area contributed by atoms with Crippen LogP contribution in [0.15, 0.2) is 24.5 Å². The standard InChI is InChI=1S/C17H22N2O2/c1-11(12-5-7-18-8-6-12)19-17(21)15-9-13-3-2-4-14(10-15)16(13)20/h5-8,11,13-15H,2-4,9-10H2,1H3,(H,19,21)/t11-,13-,14+,15?/m0/s1. The van der Waals surface area contributed by atoms with E-state index in [2.05, 4.69) is 10.3 Å². The van der Waals surface area contributed by atoms with Crippen molar-refractivity contribution >= 4 is 11.7 Å². The zero-order valence-electron chi connectivity index (χ0n) is 12.4. The van der Waals surface area contributed by atoms with Crippen LogP contribution in [-0.4, -0.2) is 16.7 Å². The molecule has 1 aromatic rings. The molecular weight excluding hydrogens is 264 g/mol. The summed E-state index contributed by atoms with van der Waals surface area (Å²) in [5.74, 6) is 0.771. The third-order valence-corrected chi connectivity index (χ3v) is 4.98. The SMILES string of the molecule is C[C@H](NC(=O)C1C[C@H]2CCC[C@@H](C1)C2=O)c1ccncc1. The van der Waals surface area contributed by atoms with Crippen LogP contribution in [0.1, 0.15) is 50.6 Å². The number of carbonyl (C=O) groups is 2. The largest absolute Gasteiger partial charge is 0.349 e. The summed E-state index contributed by atoms with van der Waals surface area (Å²) >= 11 is 0. The van der Waals surface area contributed by atoms with E-state index < -0.39 is 0 Å². The van der Waals surface area contributed by atoms with Gasteiger partial charge in [0.05, 0.1) is 6.04 Å². The maximum Gasteiger partial charge on any atom is 0.223 e. The number of rotatable bonds is 3. The lowest BCUT2D eigenvalue weighted by atomic mass is 9.67. The van der Waals surface area contributed by atoms with E-state index in [-0.39, 0.29) is 29.7 Å². The minimum atomic E-state index is -0.0158. The van der Waals surface area contributed by atoms with Gasteiger partial charge in [0.25, 0.3) is 0 Å². The molecular formula is C17H22N2O2. The van der Waals surface area contributed by atoms with Gasteiger partial charge in [-0.25, -0.2) is 0 Å². The van der Waals surface area contributed by atoms with Gasteiger partial charge in [0.2, 0.25) is 5.91 Å². The highest BCUT2D eigenvalue weighted by atomic mass is 16.2. The summed E-state index contributed by atoms with van der Waals surface area (Å²) in [5.41, 5.74) is 1.06. The average Bonchev–Trinajstić information content (AvgIpc) is 2.47. The first kappa shape index (κ1) is 14.2. The smallest absolute Gasteiger partial charge is 0.223 e. The summed E-state index contributed by atoms with van der Waals surface area (Å²) in [5, 5.41) is 3.09. The normalized spacial score (nSPS) is 29.8. The second-order valence-corrected chi connectivity index (χ2v) is 6.41. The van der Waals surface area contributed by atoms with Gasteiger partial charge in [-0.1, -0.05) is 6.42 Å². The van der Waals surface area contributed by atoms with E-state index in [1.54, 1.807) is 12.4 Å². The number of nitrogens with one attached hydrogen (secondary N) is 1. The zero-order chi connectivity index (χ0) is 14.8. The number of ketones is 1. The lowest BCUT2D eigenvalue weighted by Crippen LogP contribution is -2.43. The van der Waals surface area contributed by atoms with Crippen molar-refractivity contribution in [2.75, 3.05) is 0 Å². The molecule has 21 heavy (non-hydrogen) atoms. The van der Waals surface area contributed by atoms with E-state index in [1.807, 2.05) is 19.1 Å². The van der Waals surface area contributed by atoms with Crippen LogP contribution in [0.3, 0.4) is 0 Å². The van der Waals surface area contributed by atoms with E-state index in [4.69, 9.17) is 0 Å². The molecule has 3 rings (SSSR count). The number of Topliss-reactive ketones (excluding diaryl/α,β-unsaturated/α-hetero) is 1. The molecule has 2 saturated carbocycles. The molecule has 0 aromatic carbocycles. The first-order valence-electron chi connectivity index (χ1n) is 7.89. The molecule has 0 spiro atoms. The predicted molar refractivity (Wildman–Crippen MR) is 79.4 cm³/mol. The van der Waals surface area contributed by atoms with Gasteiger partial charge in [-0.05, 0) is 50.3 Å². The van der Waals surface area contributed by atoms with Gasteiger partial charge >= 0.3 is 0 Å². The molecule has 1 N–H and O–H groups in total. The highest BCUT2D eigenvalue weighted by molar-refractivity contribution is 5.88. The van der Waals surface area contributed by atoms with Crippen LogP contribution in [0.5, 0.6) is 0 Å². The summed E-state index contributed by atoms with van der Waals surface area (Å²) in [6, 6.07) is 3.83. The zero-order valence-corrected chi connectivity index (χ0v) is 12.4. The predicted octanol–water partition coefficient (Wildman–Crippen LogP) is 2.65. The number of amides is 1. The number of carbonyl (C=O) groups excluding carboxylic acids is 2. The van der Waals surface area contributed by atoms with Crippen molar-refractivity contribution in [2.24, 2.45) is 17.8 Å². The molecule has 2 aliphatic rings. The maximum atomic E-state index is 12.5. The molecule has 2 fully saturated rings. The third-order valence-electron chi connectivity index (χ3n) is 4.98. The van der Waals surface area contributed by atoms with Gasteiger partial charge in [0.1, 0.15) is 5.78 Å². The molecule has 4 heteroatoms. The quantitative estimate of drug-likeness (QED) is 0.929. The highest BCUT2D eigenvalue weighted by Crippen LogP contribution is 2.40. The Morgan fingerprint density at radius 3 is 2.48 bits per heavy atom. The number of nitrogens with zero attached hydrogens (tertiary/aromatic N) is 1. The molecule has 0 aliphatic heterocycles. The first-order valence-corrected chi connectivity index (χ1v) is 7.89. The highest BCUT2D eigenvalue weighted by Gasteiger charge is 2.41. The van der Waals surface area contributed by atoms with Gasteiger partial charge < -0.3 is 5.32 Å². The van der Waals surface area contributed by atoms with Crippen LogP contribution in [-0.2, 0) is 9.59 Å². The van der Waals surface area contributed by atoms with Crippen LogP contribution >= 0.6 is 0 Å². The van der Waals surface area contributed by atoms with Crippen LogP contribution in [0.2, 0.25) is 0 Å². The van der Waals surface area contributed by atoms with E-state index in [0.717, 1.165) is 37.7 Å². The van der Waals surface area contributed by atoms with Crippen molar-refractivity contribution in [1.29, 1.82) is 0 Å². The molecule has 1 heterocycles. The topological polar surface area (TPSA) is 59.1 Å². The van der Waals surface area contributed by atoms with Gasteiger partial charge in [0.15, 0.2) is 0 Å². The van der Waals surface area contributed by atoms with Crippen molar-refractivity contribution in [3.63, 3.8) is 0 Å². The Morgan fingerprint density at radius 2 is 1.86 bits per heavy atom. The monoisotopic (exact) mass is 286 g/mol. The number of hydrogen-bond acceptors (Lipinski definition) is 3. The summed E-state index contributed by atoms with van der Waals surface area (Å²) in [4.78, 5) is 28.6. The molecule has 2 aliphatic carbocycles. The molecule has 0 radical (unpaired) electrons. The van der Waals surface area contributed by atoms with E-state index in [9.17, 15) is 9.59 Å². The molecule has 0 saturated heterocycles. The Hall–Kier alpha value is -1.71. The molecule has 1 unspecified atom stereocenters. The molecule has 1 amide bonds. The summed E-state index contributed by atoms with van der Waals surface area (Å²) in [6.07, 6.45) is 8.04. The molecule has 1 aromatic heterocycles. The lowest BCUT2D eigenvalue weighted by molar-refractivity contribution is -0.137. The van der Waals surface area contributed by atoms with Gasteiger partial charge in [-0.15, -0.1) is 0 Å². The minimum absolute atomic E-state index is 0.00212. The fraction of sp³-hybridized carbons (Fsp3) is 0.588. The Balaban J connectivity index is 1.62. The van der Waals surface area contributed by atoms with Crippen molar-refractivity contribution in [3.8, 4) is 0 Å². The van der Waals surface area contributed by atoms with Gasteiger partial charge in [-0.3, -0.25) is 14.6 Å². The number of pyridine rings is 1. The van der Waals surface area contributed by atoms with Gasteiger partial charge in [0, 0.05) is 30.1 Å². The molecule has 4 atom stereocenters. The first-order chi connectivity index (χ1) is 10.1.